The van der Waals surface area contributed by atoms with Crippen molar-refractivity contribution >= 4 is 15.2 Å². The van der Waals surface area contributed by atoms with Crippen LogP contribution in [-0.4, -0.2) is 17.7 Å². The first-order chi connectivity index (χ1) is 5.60. The SMILES string of the molecule is C#CCOC(=O)C(P)(CC)CC. The Morgan fingerprint density at radius 3 is 2.42 bits per heavy atom. The minimum absolute atomic E-state index is 0.0645. The van der Waals surface area contributed by atoms with Crippen LogP contribution >= 0.6 is 9.24 Å². The Morgan fingerprint density at radius 1 is 1.58 bits per heavy atom. The van der Waals surface area contributed by atoms with Crippen LogP contribution in [0.5, 0.6) is 0 Å². The van der Waals surface area contributed by atoms with Crippen molar-refractivity contribution in [3.8, 4) is 12.3 Å². The number of carbonyl (C=O) groups is 1. The Labute approximate surface area is 76.3 Å². The summed E-state index contributed by atoms with van der Waals surface area (Å²) in [7, 11) is 2.54. The summed E-state index contributed by atoms with van der Waals surface area (Å²) in [4.78, 5) is 11.3. The molecule has 0 spiro atoms. The molecule has 0 rings (SSSR count). The maximum Gasteiger partial charge on any atom is 0.316 e. The predicted octanol–water partition coefficient (Wildman–Crippen LogP) is 1.60. The van der Waals surface area contributed by atoms with Gasteiger partial charge >= 0.3 is 5.97 Å². The fourth-order valence-electron chi connectivity index (χ4n) is 0.790. The Bertz CT molecular complexity index is 189. The molecule has 3 heteroatoms. The van der Waals surface area contributed by atoms with Crippen LogP contribution < -0.4 is 0 Å². The summed E-state index contributed by atoms with van der Waals surface area (Å²) in [6, 6.07) is 0. The molecular formula is C9H15O2P. The summed E-state index contributed by atoms with van der Waals surface area (Å²) in [5, 5.41) is -0.448. The fraction of sp³-hybridized carbons (Fsp3) is 0.667. The van der Waals surface area contributed by atoms with Crippen LogP contribution in [0.4, 0.5) is 0 Å². The topological polar surface area (TPSA) is 26.3 Å². The molecule has 0 aliphatic heterocycles. The maximum absolute atomic E-state index is 11.3. The van der Waals surface area contributed by atoms with Gasteiger partial charge in [-0.05, 0) is 12.8 Å². The van der Waals surface area contributed by atoms with Crippen molar-refractivity contribution in [1.29, 1.82) is 0 Å². The zero-order valence-electron chi connectivity index (χ0n) is 7.59. The second kappa shape index (κ2) is 5.17. The lowest BCUT2D eigenvalue weighted by atomic mass is 10.0. The number of esters is 1. The van der Waals surface area contributed by atoms with E-state index in [1.807, 2.05) is 13.8 Å². The monoisotopic (exact) mass is 186 g/mol. The van der Waals surface area contributed by atoms with Gasteiger partial charge in [-0.1, -0.05) is 19.8 Å². The molecule has 0 fully saturated rings. The van der Waals surface area contributed by atoms with Gasteiger partial charge in [-0.2, -0.15) is 0 Å². The van der Waals surface area contributed by atoms with Crippen LogP contribution in [0.3, 0.4) is 0 Å². The minimum Gasteiger partial charge on any atom is -0.452 e. The average Bonchev–Trinajstić information content (AvgIpc) is 2.12. The molecule has 0 aromatic carbocycles. The van der Waals surface area contributed by atoms with E-state index in [0.29, 0.717) is 0 Å². The lowest BCUT2D eigenvalue weighted by Gasteiger charge is -2.22. The number of rotatable bonds is 4. The standard InChI is InChI=1S/C9H15O2P/c1-4-7-11-8(10)9(12,5-2)6-3/h1H,5-7,12H2,2-3H3. The summed E-state index contributed by atoms with van der Waals surface area (Å²) < 4.78 is 4.84. The van der Waals surface area contributed by atoms with E-state index < -0.39 is 5.16 Å². The van der Waals surface area contributed by atoms with Crippen LogP contribution in [0.15, 0.2) is 0 Å². The highest BCUT2D eigenvalue weighted by atomic mass is 31.0. The molecule has 2 nitrogen and oxygen atoms in total. The molecule has 0 aliphatic rings. The molecule has 0 N–H and O–H groups in total. The molecule has 0 amide bonds. The third kappa shape index (κ3) is 2.83. The number of ether oxygens (including phenoxy) is 1. The molecule has 12 heavy (non-hydrogen) atoms. The first-order valence-electron chi connectivity index (χ1n) is 4.00. The van der Waals surface area contributed by atoms with Crippen LogP contribution in [-0.2, 0) is 9.53 Å². The molecule has 0 saturated heterocycles. The molecule has 0 aromatic heterocycles. The third-order valence-corrected chi connectivity index (χ3v) is 3.01. The van der Waals surface area contributed by atoms with Crippen molar-refractivity contribution in [2.24, 2.45) is 0 Å². The summed E-state index contributed by atoms with van der Waals surface area (Å²) in [6.07, 6.45) is 6.46. The molecule has 0 saturated carbocycles. The lowest BCUT2D eigenvalue weighted by molar-refractivity contribution is -0.145. The van der Waals surface area contributed by atoms with Crippen molar-refractivity contribution in [3.63, 3.8) is 0 Å². The van der Waals surface area contributed by atoms with Gasteiger partial charge in [0.1, 0.15) is 0 Å². The van der Waals surface area contributed by atoms with Gasteiger partial charge in [0.25, 0.3) is 0 Å². The lowest BCUT2D eigenvalue weighted by Crippen LogP contribution is -2.32. The van der Waals surface area contributed by atoms with E-state index in [4.69, 9.17) is 11.2 Å². The molecule has 0 aliphatic carbocycles. The maximum atomic E-state index is 11.3. The van der Waals surface area contributed by atoms with Crippen molar-refractivity contribution < 1.29 is 9.53 Å². The average molecular weight is 186 g/mol. The van der Waals surface area contributed by atoms with E-state index in [2.05, 4.69) is 15.2 Å². The Kier molecular flexibility index (Phi) is 4.93. The molecule has 0 radical (unpaired) electrons. The Balaban J connectivity index is 4.14. The van der Waals surface area contributed by atoms with E-state index in [-0.39, 0.29) is 12.6 Å². The van der Waals surface area contributed by atoms with Crippen molar-refractivity contribution in [3.05, 3.63) is 0 Å². The van der Waals surface area contributed by atoms with Gasteiger partial charge < -0.3 is 4.74 Å². The first-order valence-corrected chi connectivity index (χ1v) is 4.58. The van der Waals surface area contributed by atoms with Gasteiger partial charge in [-0.3, -0.25) is 4.79 Å². The minimum atomic E-state index is -0.448. The van der Waals surface area contributed by atoms with Gasteiger partial charge in [0, 0.05) is 0 Å². The summed E-state index contributed by atoms with van der Waals surface area (Å²) in [5.41, 5.74) is 0. The largest absolute Gasteiger partial charge is 0.452 e. The predicted molar refractivity (Wildman–Crippen MR) is 52.8 cm³/mol. The van der Waals surface area contributed by atoms with Crippen molar-refractivity contribution in [1.82, 2.24) is 0 Å². The van der Waals surface area contributed by atoms with E-state index in [1.165, 1.54) is 0 Å². The molecule has 0 heterocycles. The zero-order chi connectivity index (χ0) is 9.61. The second-order valence-corrected chi connectivity index (χ2v) is 3.75. The Morgan fingerprint density at radius 2 is 2.08 bits per heavy atom. The summed E-state index contributed by atoms with van der Waals surface area (Å²) in [6.45, 7) is 3.97. The summed E-state index contributed by atoms with van der Waals surface area (Å²) >= 11 is 0. The van der Waals surface area contributed by atoms with Gasteiger partial charge in [0.05, 0.1) is 5.16 Å². The fourth-order valence-corrected chi connectivity index (χ4v) is 0.873. The third-order valence-electron chi connectivity index (χ3n) is 1.95. The first kappa shape index (κ1) is 11.5. The summed E-state index contributed by atoms with van der Waals surface area (Å²) in [5.74, 6) is 2.04. The van der Waals surface area contributed by atoms with Gasteiger partial charge in [0.2, 0.25) is 0 Å². The highest BCUT2D eigenvalue weighted by Crippen LogP contribution is 2.27. The second-order valence-electron chi connectivity index (χ2n) is 2.64. The van der Waals surface area contributed by atoms with Gasteiger partial charge in [-0.25, -0.2) is 0 Å². The van der Waals surface area contributed by atoms with E-state index >= 15 is 0 Å². The normalized spacial score (nSPS) is 10.5. The number of hydrogen-bond acceptors (Lipinski definition) is 2. The van der Waals surface area contributed by atoms with Gasteiger partial charge in [0.15, 0.2) is 6.61 Å². The number of terminal acetylenes is 1. The quantitative estimate of drug-likeness (QED) is 0.378. The molecular weight excluding hydrogens is 171 g/mol. The van der Waals surface area contributed by atoms with Crippen molar-refractivity contribution in [2.45, 2.75) is 31.8 Å². The van der Waals surface area contributed by atoms with Crippen molar-refractivity contribution in [2.75, 3.05) is 6.61 Å². The van der Waals surface area contributed by atoms with Crippen LogP contribution in [0.2, 0.25) is 0 Å². The molecule has 0 bridgehead atoms. The highest BCUT2D eigenvalue weighted by molar-refractivity contribution is 7.21. The van der Waals surface area contributed by atoms with E-state index in [0.717, 1.165) is 12.8 Å². The molecule has 0 aromatic rings. The van der Waals surface area contributed by atoms with Crippen LogP contribution in [0.25, 0.3) is 0 Å². The van der Waals surface area contributed by atoms with E-state index in [9.17, 15) is 4.79 Å². The van der Waals surface area contributed by atoms with Crippen LogP contribution in [0, 0.1) is 12.3 Å². The smallest absolute Gasteiger partial charge is 0.316 e. The van der Waals surface area contributed by atoms with E-state index in [1.54, 1.807) is 0 Å². The molecule has 1 unspecified atom stereocenters. The molecule has 68 valence electrons. The number of carbonyl (C=O) groups excluding carboxylic acids is 1. The molecule has 1 atom stereocenters. The highest BCUT2D eigenvalue weighted by Gasteiger charge is 2.30. The Hall–Kier alpha value is -0.540. The van der Waals surface area contributed by atoms with Gasteiger partial charge in [-0.15, -0.1) is 15.7 Å². The van der Waals surface area contributed by atoms with Crippen LogP contribution in [0.1, 0.15) is 26.7 Å². The number of hydrogen-bond donors (Lipinski definition) is 0. The zero-order valence-corrected chi connectivity index (χ0v) is 8.75.